The van der Waals surface area contributed by atoms with Gasteiger partial charge in [0.15, 0.2) is 0 Å². The van der Waals surface area contributed by atoms with Gasteiger partial charge < -0.3 is 10.1 Å². The van der Waals surface area contributed by atoms with Gasteiger partial charge in [0.1, 0.15) is 12.7 Å². The molecule has 0 aliphatic carbocycles. The van der Waals surface area contributed by atoms with Crippen LogP contribution in [0.15, 0.2) is 25.0 Å². The fourth-order valence-electron chi connectivity index (χ4n) is 1.28. The topological polar surface area (TPSA) is 77.8 Å². The summed E-state index contributed by atoms with van der Waals surface area (Å²) >= 11 is 0. The van der Waals surface area contributed by atoms with Crippen LogP contribution >= 0.6 is 0 Å². The molecule has 2 heterocycles. The fraction of sp³-hybridized carbons (Fsp3) is 0.400. The van der Waals surface area contributed by atoms with E-state index in [1.54, 1.807) is 25.8 Å². The van der Waals surface area contributed by atoms with E-state index in [2.05, 4.69) is 25.4 Å². The molecule has 2 rings (SSSR count). The predicted octanol–water partition coefficient (Wildman–Crippen LogP) is -0.207. The van der Waals surface area contributed by atoms with E-state index < -0.39 is 0 Å². The van der Waals surface area contributed by atoms with Crippen molar-refractivity contribution in [2.75, 3.05) is 20.3 Å². The number of hydrogen-bond acceptors (Lipinski definition) is 6. The highest BCUT2D eigenvalue weighted by atomic mass is 16.5. The van der Waals surface area contributed by atoms with Gasteiger partial charge in [-0.25, -0.2) is 15.0 Å². The van der Waals surface area contributed by atoms with Crippen molar-refractivity contribution in [3.8, 4) is 5.95 Å². The minimum Gasteiger partial charge on any atom is -0.383 e. The van der Waals surface area contributed by atoms with Gasteiger partial charge in [0.05, 0.1) is 6.61 Å². The molecule has 0 radical (unpaired) electrons. The second-order valence-electron chi connectivity index (χ2n) is 3.40. The summed E-state index contributed by atoms with van der Waals surface area (Å²) in [6, 6.07) is 0. The number of nitrogens with zero attached hydrogens (tertiary/aromatic N) is 5. The first-order valence-electron chi connectivity index (χ1n) is 5.25. The molecule has 7 heteroatoms. The molecule has 2 aromatic rings. The molecule has 0 saturated heterocycles. The molecular weight excluding hydrogens is 220 g/mol. The lowest BCUT2D eigenvalue weighted by molar-refractivity contribution is 0.199. The summed E-state index contributed by atoms with van der Waals surface area (Å²) in [6.07, 6.45) is 6.54. The van der Waals surface area contributed by atoms with Crippen molar-refractivity contribution in [2.45, 2.75) is 6.54 Å². The Bertz CT molecular complexity index is 427. The molecule has 0 unspecified atom stereocenters. The van der Waals surface area contributed by atoms with Gasteiger partial charge in [0.25, 0.3) is 5.95 Å². The average Bonchev–Trinajstić information content (AvgIpc) is 2.89. The van der Waals surface area contributed by atoms with E-state index in [0.717, 1.165) is 18.7 Å². The summed E-state index contributed by atoms with van der Waals surface area (Å²) < 4.78 is 6.45. The molecule has 90 valence electrons. The van der Waals surface area contributed by atoms with Crippen LogP contribution in [-0.2, 0) is 11.3 Å². The lowest BCUT2D eigenvalue weighted by Crippen LogP contribution is -2.18. The van der Waals surface area contributed by atoms with E-state index in [1.165, 1.54) is 11.0 Å². The zero-order valence-electron chi connectivity index (χ0n) is 9.58. The molecule has 1 N–H and O–H groups in total. The Hall–Kier alpha value is -1.86. The van der Waals surface area contributed by atoms with Gasteiger partial charge >= 0.3 is 0 Å². The maximum Gasteiger partial charge on any atom is 0.251 e. The predicted molar refractivity (Wildman–Crippen MR) is 60.5 cm³/mol. The zero-order chi connectivity index (χ0) is 11.9. The highest BCUT2D eigenvalue weighted by Crippen LogP contribution is 1.99. The van der Waals surface area contributed by atoms with Crippen LogP contribution in [0.3, 0.4) is 0 Å². The molecule has 0 aliphatic rings. The maximum absolute atomic E-state index is 4.94. The van der Waals surface area contributed by atoms with E-state index in [4.69, 9.17) is 4.74 Å². The van der Waals surface area contributed by atoms with Crippen LogP contribution in [0.2, 0.25) is 0 Å². The molecule has 0 saturated carbocycles. The molecule has 0 amide bonds. The van der Waals surface area contributed by atoms with Crippen molar-refractivity contribution in [1.82, 2.24) is 30.0 Å². The van der Waals surface area contributed by atoms with Crippen molar-refractivity contribution in [1.29, 1.82) is 0 Å². The average molecular weight is 234 g/mol. The van der Waals surface area contributed by atoms with Crippen molar-refractivity contribution in [2.24, 2.45) is 0 Å². The van der Waals surface area contributed by atoms with Crippen molar-refractivity contribution in [3.63, 3.8) is 0 Å². The molecule has 17 heavy (non-hydrogen) atoms. The van der Waals surface area contributed by atoms with Gasteiger partial charge in [-0.05, 0) is 0 Å². The minimum absolute atomic E-state index is 0.517. The smallest absolute Gasteiger partial charge is 0.251 e. The molecule has 0 aliphatic heterocycles. The van der Waals surface area contributed by atoms with Crippen LogP contribution in [0.25, 0.3) is 5.95 Å². The van der Waals surface area contributed by atoms with Gasteiger partial charge in [0.2, 0.25) is 0 Å². The van der Waals surface area contributed by atoms with E-state index in [9.17, 15) is 0 Å². The largest absolute Gasteiger partial charge is 0.383 e. The van der Waals surface area contributed by atoms with Crippen molar-refractivity contribution < 1.29 is 4.74 Å². The first-order chi connectivity index (χ1) is 8.40. The number of ether oxygens (including phenoxy) is 1. The molecular formula is C10H14N6O. The molecule has 0 aromatic carbocycles. The molecule has 0 atom stereocenters. The van der Waals surface area contributed by atoms with Crippen LogP contribution in [0.5, 0.6) is 0 Å². The first kappa shape index (κ1) is 11.6. The zero-order valence-corrected chi connectivity index (χ0v) is 9.58. The third-order valence-electron chi connectivity index (χ3n) is 2.13. The Labute approximate surface area is 98.9 Å². The second-order valence-corrected chi connectivity index (χ2v) is 3.40. The lowest BCUT2D eigenvalue weighted by Gasteiger charge is -2.04. The summed E-state index contributed by atoms with van der Waals surface area (Å²) in [5.41, 5.74) is 1.02. The van der Waals surface area contributed by atoms with Gasteiger partial charge in [-0.15, -0.1) is 0 Å². The summed E-state index contributed by atoms with van der Waals surface area (Å²) in [5, 5.41) is 7.17. The van der Waals surface area contributed by atoms with Gasteiger partial charge in [0, 0.05) is 38.2 Å². The normalized spacial score (nSPS) is 10.6. The number of methoxy groups -OCH3 is 1. The molecule has 0 spiro atoms. The minimum atomic E-state index is 0.517. The van der Waals surface area contributed by atoms with Crippen LogP contribution in [0, 0.1) is 0 Å². The highest BCUT2D eigenvalue weighted by Gasteiger charge is 2.00. The summed E-state index contributed by atoms with van der Waals surface area (Å²) in [6.45, 7) is 2.22. The maximum atomic E-state index is 4.94. The van der Waals surface area contributed by atoms with Crippen molar-refractivity contribution in [3.05, 3.63) is 30.6 Å². The quantitative estimate of drug-likeness (QED) is 0.697. The molecule has 2 aromatic heterocycles. The number of aromatic nitrogens is 5. The number of nitrogens with one attached hydrogen (secondary N) is 1. The van der Waals surface area contributed by atoms with Crippen LogP contribution in [0.1, 0.15) is 5.56 Å². The van der Waals surface area contributed by atoms with Gasteiger partial charge in [-0.2, -0.15) is 9.78 Å². The number of rotatable bonds is 6. The van der Waals surface area contributed by atoms with Crippen LogP contribution in [0.4, 0.5) is 0 Å². The van der Waals surface area contributed by atoms with Crippen LogP contribution in [-0.4, -0.2) is 45.0 Å². The van der Waals surface area contributed by atoms with E-state index in [0.29, 0.717) is 12.6 Å². The first-order valence-corrected chi connectivity index (χ1v) is 5.25. The Balaban J connectivity index is 1.90. The standard InChI is InChI=1S/C10H14N6O/c1-17-3-2-11-4-9-5-13-10(14-6-9)16-8-12-7-15-16/h5-8,11H,2-4H2,1H3. The molecule has 7 nitrogen and oxygen atoms in total. The lowest BCUT2D eigenvalue weighted by atomic mass is 10.3. The van der Waals surface area contributed by atoms with E-state index in [1.807, 2.05) is 0 Å². The molecule has 0 bridgehead atoms. The fourth-order valence-corrected chi connectivity index (χ4v) is 1.28. The Morgan fingerprint density at radius 2 is 2.18 bits per heavy atom. The van der Waals surface area contributed by atoms with E-state index in [-0.39, 0.29) is 0 Å². The summed E-state index contributed by atoms with van der Waals surface area (Å²) in [7, 11) is 1.68. The Morgan fingerprint density at radius 1 is 1.35 bits per heavy atom. The summed E-state index contributed by atoms with van der Waals surface area (Å²) in [4.78, 5) is 12.2. The van der Waals surface area contributed by atoms with Gasteiger partial charge in [-0.1, -0.05) is 0 Å². The number of hydrogen-bond donors (Lipinski definition) is 1. The van der Waals surface area contributed by atoms with Crippen molar-refractivity contribution >= 4 is 0 Å². The second kappa shape index (κ2) is 6.02. The van der Waals surface area contributed by atoms with Gasteiger partial charge in [-0.3, -0.25) is 0 Å². The SMILES string of the molecule is COCCNCc1cnc(-n2cncn2)nc1. The van der Waals surface area contributed by atoms with E-state index >= 15 is 0 Å². The third-order valence-corrected chi connectivity index (χ3v) is 2.13. The monoisotopic (exact) mass is 234 g/mol. The van der Waals surface area contributed by atoms with Crippen LogP contribution < -0.4 is 5.32 Å². The third kappa shape index (κ3) is 3.30. The summed E-state index contributed by atoms with van der Waals surface area (Å²) in [5.74, 6) is 0.517. The molecule has 0 fully saturated rings. The Morgan fingerprint density at radius 3 is 2.82 bits per heavy atom. The highest BCUT2D eigenvalue weighted by molar-refractivity contribution is 5.12. The Kier molecular flexibility index (Phi) is 4.11.